The first-order valence-electron chi connectivity index (χ1n) is 5.79. The van der Waals surface area contributed by atoms with Crippen LogP contribution in [0.3, 0.4) is 0 Å². The Morgan fingerprint density at radius 3 is 2.89 bits per heavy atom. The third kappa shape index (κ3) is 2.68. The monoisotopic (exact) mass is 248 g/mol. The molecule has 2 aromatic rings. The molecule has 0 amide bonds. The molecule has 0 saturated carbocycles. The summed E-state index contributed by atoms with van der Waals surface area (Å²) in [6.07, 6.45) is 5.46. The molecule has 0 N–H and O–H groups in total. The van der Waals surface area contributed by atoms with Crippen LogP contribution in [0.2, 0.25) is 0 Å². The number of rotatable bonds is 5. The molecule has 5 nitrogen and oxygen atoms in total. The second-order valence-electron chi connectivity index (χ2n) is 4.00. The van der Waals surface area contributed by atoms with Crippen molar-refractivity contribution in [2.24, 2.45) is 0 Å². The van der Waals surface area contributed by atoms with Gasteiger partial charge in [-0.05, 0) is 25.0 Å². The Morgan fingerprint density at radius 1 is 1.33 bits per heavy atom. The lowest BCUT2D eigenvalue weighted by Gasteiger charge is -1.99. The largest absolute Gasteiger partial charge is 0.465 e. The number of hydrogen-bond acceptors (Lipinski definition) is 4. The number of fused-ring (bicyclic) bond motifs is 1. The van der Waals surface area contributed by atoms with Gasteiger partial charge in [-0.2, -0.15) is 0 Å². The molecule has 96 valence electrons. The Balaban J connectivity index is 2.20. The van der Waals surface area contributed by atoms with Gasteiger partial charge in [-0.1, -0.05) is 0 Å². The van der Waals surface area contributed by atoms with Crippen molar-refractivity contribution in [1.29, 1.82) is 0 Å². The Labute approximate surface area is 105 Å². The van der Waals surface area contributed by atoms with E-state index in [4.69, 9.17) is 4.74 Å². The molecule has 0 fully saturated rings. The predicted molar refractivity (Wildman–Crippen MR) is 66.7 cm³/mol. The van der Waals surface area contributed by atoms with Crippen LogP contribution in [0.1, 0.15) is 22.5 Å². The lowest BCUT2D eigenvalue weighted by Crippen LogP contribution is -2.02. The van der Waals surface area contributed by atoms with Crippen LogP contribution in [-0.2, 0) is 15.9 Å². The van der Waals surface area contributed by atoms with Crippen LogP contribution in [0.15, 0.2) is 24.5 Å². The van der Waals surface area contributed by atoms with Gasteiger partial charge in [0, 0.05) is 26.1 Å². The quantitative estimate of drug-likeness (QED) is 0.597. The van der Waals surface area contributed by atoms with E-state index in [0.717, 1.165) is 30.8 Å². The second kappa shape index (κ2) is 5.64. The number of carbonyl (C=O) groups excluding carboxylic acids is 1. The van der Waals surface area contributed by atoms with E-state index < -0.39 is 0 Å². The van der Waals surface area contributed by atoms with Crippen LogP contribution in [0, 0.1) is 0 Å². The fourth-order valence-electron chi connectivity index (χ4n) is 1.80. The van der Waals surface area contributed by atoms with Gasteiger partial charge in [-0.25, -0.2) is 9.78 Å². The summed E-state index contributed by atoms with van der Waals surface area (Å²) in [7, 11) is 3.06. The topological polar surface area (TPSA) is 52.8 Å². The fourth-order valence-corrected chi connectivity index (χ4v) is 1.80. The van der Waals surface area contributed by atoms with E-state index in [1.807, 2.05) is 16.7 Å². The highest BCUT2D eigenvalue weighted by atomic mass is 16.5. The molecule has 0 aromatic carbocycles. The lowest BCUT2D eigenvalue weighted by atomic mass is 10.2. The fraction of sp³-hybridized carbons (Fsp3) is 0.385. The molecule has 0 aliphatic heterocycles. The van der Waals surface area contributed by atoms with Crippen molar-refractivity contribution in [3.63, 3.8) is 0 Å². The Kier molecular flexibility index (Phi) is 3.94. The minimum atomic E-state index is -0.341. The molecule has 0 atom stereocenters. The van der Waals surface area contributed by atoms with Gasteiger partial charge < -0.3 is 13.9 Å². The summed E-state index contributed by atoms with van der Waals surface area (Å²) >= 11 is 0. The van der Waals surface area contributed by atoms with E-state index in [0.29, 0.717) is 5.56 Å². The molecule has 0 saturated heterocycles. The summed E-state index contributed by atoms with van der Waals surface area (Å²) in [6, 6.07) is 3.53. The minimum Gasteiger partial charge on any atom is -0.465 e. The number of aryl methyl sites for hydroxylation is 1. The number of hydrogen-bond donors (Lipinski definition) is 0. The number of pyridine rings is 1. The van der Waals surface area contributed by atoms with Crippen LogP contribution in [0.5, 0.6) is 0 Å². The molecule has 0 aliphatic carbocycles. The van der Waals surface area contributed by atoms with E-state index in [2.05, 4.69) is 9.72 Å². The first-order chi connectivity index (χ1) is 8.74. The molecule has 0 radical (unpaired) electrons. The van der Waals surface area contributed by atoms with Gasteiger partial charge in [-0.3, -0.25) is 0 Å². The summed E-state index contributed by atoms with van der Waals surface area (Å²) in [5.41, 5.74) is 2.34. The van der Waals surface area contributed by atoms with Crippen molar-refractivity contribution in [1.82, 2.24) is 9.38 Å². The zero-order valence-electron chi connectivity index (χ0n) is 10.5. The maximum absolute atomic E-state index is 11.4. The predicted octanol–water partition coefficient (Wildman–Crippen LogP) is 1.70. The minimum absolute atomic E-state index is 0.341. The van der Waals surface area contributed by atoms with E-state index in [1.54, 1.807) is 19.4 Å². The number of methoxy groups -OCH3 is 2. The first kappa shape index (κ1) is 12.6. The van der Waals surface area contributed by atoms with Crippen LogP contribution >= 0.6 is 0 Å². The second-order valence-corrected chi connectivity index (χ2v) is 4.00. The SMILES string of the molecule is COCCCc1cn2cc(C(=O)OC)ccc2n1. The van der Waals surface area contributed by atoms with Gasteiger partial charge in [0.25, 0.3) is 0 Å². The average Bonchev–Trinajstić information content (AvgIpc) is 2.79. The highest BCUT2D eigenvalue weighted by molar-refractivity contribution is 5.89. The number of nitrogens with zero attached hydrogens (tertiary/aromatic N) is 2. The van der Waals surface area contributed by atoms with Crippen molar-refractivity contribution in [2.45, 2.75) is 12.8 Å². The maximum Gasteiger partial charge on any atom is 0.339 e. The molecule has 0 unspecified atom stereocenters. The van der Waals surface area contributed by atoms with Crippen molar-refractivity contribution < 1.29 is 14.3 Å². The normalized spacial score (nSPS) is 10.8. The molecular weight excluding hydrogens is 232 g/mol. The van der Waals surface area contributed by atoms with Crippen LogP contribution in [0.25, 0.3) is 5.65 Å². The standard InChI is InChI=1S/C13H16N2O3/c1-17-7-3-4-11-9-15-8-10(13(16)18-2)5-6-12(15)14-11/h5-6,8-9H,3-4,7H2,1-2H3. The van der Waals surface area contributed by atoms with E-state index in [-0.39, 0.29) is 5.97 Å². The third-order valence-electron chi connectivity index (χ3n) is 2.70. The molecule has 0 bridgehead atoms. The van der Waals surface area contributed by atoms with Gasteiger partial charge in [0.1, 0.15) is 5.65 Å². The molecule has 0 aliphatic rings. The molecule has 0 spiro atoms. The Morgan fingerprint density at radius 2 is 2.17 bits per heavy atom. The molecule has 2 aromatic heterocycles. The smallest absolute Gasteiger partial charge is 0.339 e. The molecule has 2 rings (SSSR count). The van der Waals surface area contributed by atoms with E-state index in [9.17, 15) is 4.79 Å². The number of aromatic nitrogens is 2. The van der Waals surface area contributed by atoms with Crippen molar-refractivity contribution in [2.75, 3.05) is 20.8 Å². The summed E-state index contributed by atoms with van der Waals surface area (Å²) in [5, 5.41) is 0. The molecular formula is C13H16N2O3. The van der Waals surface area contributed by atoms with E-state index in [1.165, 1.54) is 7.11 Å². The van der Waals surface area contributed by atoms with Crippen molar-refractivity contribution in [3.05, 3.63) is 35.8 Å². The van der Waals surface area contributed by atoms with Crippen LogP contribution in [0.4, 0.5) is 0 Å². The maximum atomic E-state index is 11.4. The summed E-state index contributed by atoms with van der Waals surface area (Å²) in [6.45, 7) is 0.723. The van der Waals surface area contributed by atoms with Gasteiger partial charge in [0.15, 0.2) is 0 Å². The number of esters is 1. The van der Waals surface area contributed by atoms with Crippen LogP contribution in [-0.4, -0.2) is 36.2 Å². The third-order valence-corrected chi connectivity index (χ3v) is 2.70. The van der Waals surface area contributed by atoms with Gasteiger partial charge in [0.05, 0.1) is 18.4 Å². The average molecular weight is 248 g/mol. The zero-order chi connectivity index (χ0) is 13.0. The molecule has 18 heavy (non-hydrogen) atoms. The van der Waals surface area contributed by atoms with Gasteiger partial charge in [0.2, 0.25) is 0 Å². The number of carbonyl (C=O) groups is 1. The first-order valence-corrected chi connectivity index (χ1v) is 5.79. The highest BCUT2D eigenvalue weighted by Gasteiger charge is 2.07. The van der Waals surface area contributed by atoms with Crippen molar-refractivity contribution in [3.8, 4) is 0 Å². The number of ether oxygens (including phenoxy) is 2. The van der Waals surface area contributed by atoms with Crippen LogP contribution < -0.4 is 0 Å². The van der Waals surface area contributed by atoms with Gasteiger partial charge >= 0.3 is 5.97 Å². The highest BCUT2D eigenvalue weighted by Crippen LogP contribution is 2.10. The van der Waals surface area contributed by atoms with Gasteiger partial charge in [-0.15, -0.1) is 0 Å². The molecule has 2 heterocycles. The van der Waals surface area contributed by atoms with E-state index >= 15 is 0 Å². The molecule has 5 heteroatoms. The summed E-state index contributed by atoms with van der Waals surface area (Å²) in [5.74, 6) is -0.341. The Hall–Kier alpha value is -1.88. The summed E-state index contributed by atoms with van der Waals surface area (Å²) in [4.78, 5) is 15.9. The number of imidazole rings is 1. The lowest BCUT2D eigenvalue weighted by molar-refractivity contribution is 0.0600. The zero-order valence-corrected chi connectivity index (χ0v) is 10.5. The summed E-state index contributed by atoms with van der Waals surface area (Å²) < 4.78 is 11.5. The van der Waals surface area contributed by atoms with Crippen molar-refractivity contribution >= 4 is 11.6 Å². The Bertz CT molecular complexity index is 548.